The highest BCUT2D eigenvalue weighted by Gasteiger charge is 2.03. The van der Waals surface area contributed by atoms with Crippen LogP contribution in [0, 0.1) is 0 Å². The monoisotopic (exact) mass is 200 g/mol. The Morgan fingerprint density at radius 3 is 3.08 bits per heavy atom. The lowest BCUT2D eigenvalue weighted by Gasteiger charge is -2.14. The number of ether oxygens (including phenoxy) is 1. The summed E-state index contributed by atoms with van der Waals surface area (Å²) < 4.78 is 4.99. The molecule has 0 bridgehead atoms. The van der Waals surface area contributed by atoms with Gasteiger partial charge in [0.25, 0.3) is 0 Å². The smallest absolute Gasteiger partial charge is 0.0820 e. The number of nitrogens with zero attached hydrogens (tertiary/aromatic N) is 1. The van der Waals surface area contributed by atoms with Crippen molar-refractivity contribution in [3.05, 3.63) is 23.5 Å². The number of methoxy groups -OCH3 is 1. The zero-order valence-electron chi connectivity index (χ0n) is 7.75. The number of nitrogens with one attached hydrogen (secondary N) is 1. The van der Waals surface area contributed by atoms with E-state index >= 15 is 0 Å². The highest BCUT2D eigenvalue weighted by molar-refractivity contribution is 6.33. The van der Waals surface area contributed by atoms with Crippen molar-refractivity contribution in [2.75, 3.05) is 19.0 Å². The number of halogens is 1. The molecule has 1 unspecified atom stereocenters. The lowest BCUT2D eigenvalue weighted by Crippen LogP contribution is -2.20. The maximum Gasteiger partial charge on any atom is 0.0820 e. The molecule has 0 saturated heterocycles. The van der Waals surface area contributed by atoms with Gasteiger partial charge in [-0.05, 0) is 13.0 Å². The van der Waals surface area contributed by atoms with E-state index in [1.165, 1.54) is 0 Å². The third-order valence-corrected chi connectivity index (χ3v) is 1.89. The summed E-state index contributed by atoms with van der Waals surface area (Å²) >= 11 is 5.90. The van der Waals surface area contributed by atoms with E-state index in [2.05, 4.69) is 10.3 Å². The summed E-state index contributed by atoms with van der Waals surface area (Å²) in [6, 6.07) is 2.08. The zero-order chi connectivity index (χ0) is 9.68. The summed E-state index contributed by atoms with van der Waals surface area (Å²) in [5.74, 6) is 0. The average Bonchev–Trinajstić information content (AvgIpc) is 2.09. The minimum atomic E-state index is 0.241. The third kappa shape index (κ3) is 3.20. The largest absolute Gasteiger partial charge is 0.383 e. The standard InChI is InChI=1S/C9H13ClN2O/c1-7(6-13-2)12-9-3-4-11-5-8(9)10/h3-5,7H,6H2,1-2H3,(H,11,12). The molecule has 0 aliphatic heterocycles. The first kappa shape index (κ1) is 10.3. The van der Waals surface area contributed by atoms with E-state index in [0.29, 0.717) is 11.6 Å². The number of rotatable bonds is 4. The Morgan fingerprint density at radius 2 is 2.46 bits per heavy atom. The van der Waals surface area contributed by atoms with E-state index in [-0.39, 0.29) is 6.04 Å². The molecule has 3 nitrogen and oxygen atoms in total. The minimum Gasteiger partial charge on any atom is -0.383 e. The fraction of sp³-hybridized carbons (Fsp3) is 0.444. The molecule has 13 heavy (non-hydrogen) atoms. The molecule has 0 aliphatic carbocycles. The Kier molecular flexibility index (Phi) is 3.99. The number of aromatic nitrogens is 1. The van der Waals surface area contributed by atoms with Crippen LogP contribution in [0.4, 0.5) is 5.69 Å². The van der Waals surface area contributed by atoms with Crippen LogP contribution in [0.2, 0.25) is 5.02 Å². The Labute approximate surface area is 83.1 Å². The van der Waals surface area contributed by atoms with Crippen LogP contribution in [0.1, 0.15) is 6.92 Å². The Morgan fingerprint density at radius 1 is 1.69 bits per heavy atom. The summed E-state index contributed by atoms with van der Waals surface area (Å²) in [6.07, 6.45) is 3.32. The third-order valence-electron chi connectivity index (χ3n) is 1.59. The maximum absolute atomic E-state index is 5.90. The molecular weight excluding hydrogens is 188 g/mol. The van der Waals surface area contributed by atoms with Gasteiger partial charge < -0.3 is 10.1 Å². The van der Waals surface area contributed by atoms with E-state index in [1.807, 2.05) is 13.0 Å². The van der Waals surface area contributed by atoms with Crippen LogP contribution in [0.3, 0.4) is 0 Å². The molecule has 72 valence electrons. The van der Waals surface area contributed by atoms with Gasteiger partial charge >= 0.3 is 0 Å². The number of hydrogen-bond donors (Lipinski definition) is 1. The van der Waals surface area contributed by atoms with Gasteiger partial charge in [0, 0.05) is 25.5 Å². The second kappa shape index (κ2) is 5.04. The molecule has 1 aromatic heterocycles. The number of anilines is 1. The van der Waals surface area contributed by atoms with Crippen molar-refractivity contribution in [1.82, 2.24) is 4.98 Å². The van der Waals surface area contributed by atoms with E-state index in [9.17, 15) is 0 Å². The molecule has 1 atom stereocenters. The molecular formula is C9H13ClN2O. The van der Waals surface area contributed by atoms with E-state index in [1.54, 1.807) is 19.5 Å². The van der Waals surface area contributed by atoms with E-state index in [4.69, 9.17) is 16.3 Å². The van der Waals surface area contributed by atoms with Crippen LogP contribution < -0.4 is 5.32 Å². The maximum atomic E-state index is 5.90. The molecule has 1 aromatic rings. The van der Waals surface area contributed by atoms with Crippen LogP contribution >= 0.6 is 11.6 Å². The van der Waals surface area contributed by atoms with Crippen LogP contribution in [0.5, 0.6) is 0 Å². The van der Waals surface area contributed by atoms with Gasteiger partial charge in [-0.1, -0.05) is 11.6 Å². The summed E-state index contributed by atoms with van der Waals surface area (Å²) in [5.41, 5.74) is 0.890. The van der Waals surface area contributed by atoms with Gasteiger partial charge in [-0.15, -0.1) is 0 Å². The topological polar surface area (TPSA) is 34.1 Å². The van der Waals surface area contributed by atoms with Gasteiger partial charge in [-0.25, -0.2) is 0 Å². The van der Waals surface area contributed by atoms with Crippen molar-refractivity contribution in [1.29, 1.82) is 0 Å². The van der Waals surface area contributed by atoms with Gasteiger partial charge in [0.15, 0.2) is 0 Å². The average molecular weight is 201 g/mol. The minimum absolute atomic E-state index is 0.241. The van der Waals surface area contributed by atoms with Crippen molar-refractivity contribution < 1.29 is 4.74 Å². The Bertz CT molecular complexity index is 268. The molecule has 0 fully saturated rings. The normalized spacial score (nSPS) is 12.5. The molecule has 4 heteroatoms. The van der Waals surface area contributed by atoms with Gasteiger partial charge in [0.05, 0.1) is 17.3 Å². The molecule has 0 saturated carbocycles. The molecule has 0 radical (unpaired) electrons. The molecule has 0 spiro atoms. The van der Waals surface area contributed by atoms with Crippen molar-refractivity contribution in [2.45, 2.75) is 13.0 Å². The zero-order valence-corrected chi connectivity index (χ0v) is 8.51. The van der Waals surface area contributed by atoms with Crippen molar-refractivity contribution in [3.8, 4) is 0 Å². The SMILES string of the molecule is COCC(C)Nc1ccncc1Cl. The van der Waals surface area contributed by atoms with Crippen molar-refractivity contribution >= 4 is 17.3 Å². The predicted molar refractivity (Wildman–Crippen MR) is 54.2 cm³/mol. The fourth-order valence-corrected chi connectivity index (χ4v) is 1.22. The molecule has 1 rings (SSSR count). The summed E-state index contributed by atoms with van der Waals surface area (Å²) in [4.78, 5) is 3.89. The van der Waals surface area contributed by atoms with Gasteiger partial charge in [0.1, 0.15) is 0 Å². The van der Waals surface area contributed by atoms with Crippen molar-refractivity contribution in [3.63, 3.8) is 0 Å². The second-order valence-electron chi connectivity index (χ2n) is 2.86. The Balaban J connectivity index is 2.58. The fourth-order valence-electron chi connectivity index (χ4n) is 1.05. The summed E-state index contributed by atoms with van der Waals surface area (Å²) in [5, 5.41) is 3.84. The van der Waals surface area contributed by atoms with E-state index in [0.717, 1.165) is 5.69 Å². The number of pyridine rings is 1. The molecule has 0 aromatic carbocycles. The molecule has 1 N–H and O–H groups in total. The highest BCUT2D eigenvalue weighted by atomic mass is 35.5. The first-order chi connectivity index (χ1) is 6.24. The first-order valence-electron chi connectivity index (χ1n) is 4.09. The number of hydrogen-bond acceptors (Lipinski definition) is 3. The summed E-state index contributed by atoms with van der Waals surface area (Å²) in [6.45, 7) is 2.68. The van der Waals surface area contributed by atoms with Crippen LogP contribution in [0.15, 0.2) is 18.5 Å². The highest BCUT2D eigenvalue weighted by Crippen LogP contribution is 2.19. The van der Waals surface area contributed by atoms with Gasteiger partial charge in [-0.2, -0.15) is 0 Å². The summed E-state index contributed by atoms with van der Waals surface area (Å²) in [7, 11) is 1.67. The van der Waals surface area contributed by atoms with E-state index < -0.39 is 0 Å². The molecule has 0 amide bonds. The van der Waals surface area contributed by atoms with Gasteiger partial charge in [-0.3, -0.25) is 4.98 Å². The first-order valence-corrected chi connectivity index (χ1v) is 4.47. The molecule has 1 heterocycles. The molecule has 0 aliphatic rings. The predicted octanol–water partition coefficient (Wildman–Crippen LogP) is 2.18. The lowest BCUT2D eigenvalue weighted by molar-refractivity contribution is 0.190. The Hall–Kier alpha value is -0.800. The van der Waals surface area contributed by atoms with Crippen LogP contribution in [0.25, 0.3) is 0 Å². The second-order valence-corrected chi connectivity index (χ2v) is 3.26. The van der Waals surface area contributed by atoms with Crippen LogP contribution in [-0.4, -0.2) is 24.7 Å². The van der Waals surface area contributed by atoms with Gasteiger partial charge in [0.2, 0.25) is 0 Å². The van der Waals surface area contributed by atoms with Crippen molar-refractivity contribution in [2.24, 2.45) is 0 Å². The lowest BCUT2D eigenvalue weighted by atomic mass is 10.3. The quantitative estimate of drug-likeness (QED) is 0.809. The van der Waals surface area contributed by atoms with Crippen LogP contribution in [-0.2, 0) is 4.74 Å².